The first-order chi connectivity index (χ1) is 6.83. The standard InChI is InChI=1S/C11H12O3/c1-2-4-9(12)8-5-3-6-10-11(8)14-7-13-10/h2-3,5-6,9,12H,1,4,7H2. The van der Waals surface area contributed by atoms with Crippen molar-refractivity contribution in [2.75, 3.05) is 6.79 Å². The van der Waals surface area contributed by atoms with Crippen LogP contribution in [0, 0.1) is 0 Å². The predicted molar refractivity (Wildman–Crippen MR) is 52.3 cm³/mol. The molecule has 0 spiro atoms. The van der Waals surface area contributed by atoms with Gasteiger partial charge < -0.3 is 14.6 Å². The Kier molecular flexibility index (Phi) is 2.41. The van der Waals surface area contributed by atoms with E-state index in [4.69, 9.17) is 9.47 Å². The molecule has 0 radical (unpaired) electrons. The van der Waals surface area contributed by atoms with E-state index in [1.165, 1.54) is 0 Å². The molecule has 0 aromatic heterocycles. The summed E-state index contributed by atoms with van der Waals surface area (Å²) in [5, 5.41) is 9.78. The molecule has 2 rings (SSSR count). The van der Waals surface area contributed by atoms with Crippen LogP contribution in [-0.2, 0) is 0 Å². The van der Waals surface area contributed by atoms with Crippen LogP contribution in [0.15, 0.2) is 30.9 Å². The van der Waals surface area contributed by atoms with E-state index in [1.54, 1.807) is 6.08 Å². The second-order valence-electron chi connectivity index (χ2n) is 3.12. The molecule has 0 bridgehead atoms. The van der Waals surface area contributed by atoms with Gasteiger partial charge in [0.15, 0.2) is 11.5 Å². The first-order valence-corrected chi connectivity index (χ1v) is 4.50. The maximum absolute atomic E-state index is 9.78. The first kappa shape index (κ1) is 9.09. The zero-order valence-corrected chi connectivity index (χ0v) is 7.77. The Labute approximate surface area is 82.6 Å². The van der Waals surface area contributed by atoms with Gasteiger partial charge in [-0.1, -0.05) is 18.2 Å². The van der Waals surface area contributed by atoms with Gasteiger partial charge in [0.25, 0.3) is 0 Å². The van der Waals surface area contributed by atoms with Gasteiger partial charge in [0.05, 0.1) is 6.10 Å². The SMILES string of the molecule is C=CCC(O)c1cccc2c1OCO2. The van der Waals surface area contributed by atoms with E-state index in [0.29, 0.717) is 17.9 Å². The van der Waals surface area contributed by atoms with Crippen molar-refractivity contribution in [3.05, 3.63) is 36.4 Å². The molecule has 0 saturated heterocycles. The van der Waals surface area contributed by atoms with E-state index in [2.05, 4.69) is 6.58 Å². The fourth-order valence-electron chi connectivity index (χ4n) is 1.50. The molecular weight excluding hydrogens is 180 g/mol. The Morgan fingerprint density at radius 1 is 1.50 bits per heavy atom. The van der Waals surface area contributed by atoms with Gasteiger partial charge in [0.2, 0.25) is 6.79 Å². The molecule has 0 aliphatic carbocycles. The number of fused-ring (bicyclic) bond motifs is 1. The summed E-state index contributed by atoms with van der Waals surface area (Å²) in [6.07, 6.45) is 1.63. The largest absolute Gasteiger partial charge is 0.454 e. The molecule has 3 nitrogen and oxygen atoms in total. The molecule has 1 unspecified atom stereocenters. The Hall–Kier alpha value is -1.48. The number of rotatable bonds is 3. The van der Waals surface area contributed by atoms with Crippen LogP contribution in [0.3, 0.4) is 0 Å². The number of benzene rings is 1. The van der Waals surface area contributed by atoms with Crippen molar-refractivity contribution in [3.8, 4) is 11.5 Å². The van der Waals surface area contributed by atoms with Crippen LogP contribution in [0.4, 0.5) is 0 Å². The highest BCUT2D eigenvalue weighted by molar-refractivity contribution is 5.49. The van der Waals surface area contributed by atoms with Crippen LogP contribution < -0.4 is 9.47 Å². The lowest BCUT2D eigenvalue weighted by Gasteiger charge is -2.10. The van der Waals surface area contributed by atoms with Crippen LogP contribution in [0.5, 0.6) is 11.5 Å². The van der Waals surface area contributed by atoms with E-state index in [9.17, 15) is 5.11 Å². The molecule has 1 N–H and O–H groups in total. The van der Waals surface area contributed by atoms with Crippen molar-refractivity contribution < 1.29 is 14.6 Å². The molecule has 1 aliphatic heterocycles. The van der Waals surface area contributed by atoms with Gasteiger partial charge >= 0.3 is 0 Å². The zero-order chi connectivity index (χ0) is 9.97. The highest BCUT2D eigenvalue weighted by Gasteiger charge is 2.20. The lowest BCUT2D eigenvalue weighted by Crippen LogP contribution is -1.98. The van der Waals surface area contributed by atoms with Crippen LogP contribution >= 0.6 is 0 Å². The topological polar surface area (TPSA) is 38.7 Å². The Morgan fingerprint density at radius 2 is 2.36 bits per heavy atom. The fourth-order valence-corrected chi connectivity index (χ4v) is 1.50. The number of aliphatic hydroxyl groups is 1. The summed E-state index contributed by atoms with van der Waals surface area (Å²) in [4.78, 5) is 0. The highest BCUT2D eigenvalue weighted by atomic mass is 16.7. The Morgan fingerprint density at radius 3 is 3.14 bits per heavy atom. The molecule has 0 saturated carbocycles. The molecule has 1 atom stereocenters. The van der Waals surface area contributed by atoms with Crippen molar-refractivity contribution in [1.29, 1.82) is 0 Å². The van der Waals surface area contributed by atoms with Gasteiger partial charge in [0.1, 0.15) is 0 Å². The third kappa shape index (κ3) is 1.46. The molecule has 3 heteroatoms. The summed E-state index contributed by atoms with van der Waals surface area (Å²) in [5.74, 6) is 1.35. The number of para-hydroxylation sites is 1. The summed E-state index contributed by atoms with van der Waals surface area (Å²) in [5.41, 5.74) is 0.764. The zero-order valence-electron chi connectivity index (χ0n) is 7.77. The van der Waals surface area contributed by atoms with E-state index in [-0.39, 0.29) is 6.79 Å². The third-order valence-corrected chi connectivity index (χ3v) is 2.18. The van der Waals surface area contributed by atoms with E-state index < -0.39 is 6.10 Å². The van der Waals surface area contributed by atoms with Crippen LogP contribution in [0.2, 0.25) is 0 Å². The van der Waals surface area contributed by atoms with Gasteiger partial charge in [-0.05, 0) is 12.5 Å². The van der Waals surface area contributed by atoms with Crippen LogP contribution in [0.25, 0.3) is 0 Å². The molecule has 1 aromatic rings. The molecule has 1 aliphatic rings. The number of hydrogen-bond donors (Lipinski definition) is 1. The van der Waals surface area contributed by atoms with Gasteiger partial charge in [0, 0.05) is 5.56 Å². The molecule has 0 fully saturated rings. The number of hydrogen-bond acceptors (Lipinski definition) is 3. The minimum absolute atomic E-state index is 0.229. The molecule has 14 heavy (non-hydrogen) atoms. The molecular formula is C11H12O3. The monoisotopic (exact) mass is 192 g/mol. The number of aliphatic hydroxyl groups excluding tert-OH is 1. The fraction of sp³-hybridized carbons (Fsp3) is 0.273. The summed E-state index contributed by atoms with van der Waals surface area (Å²) in [7, 11) is 0. The first-order valence-electron chi connectivity index (χ1n) is 4.50. The maximum Gasteiger partial charge on any atom is 0.231 e. The summed E-state index contributed by atoms with van der Waals surface area (Å²) in [6.45, 7) is 3.82. The third-order valence-electron chi connectivity index (χ3n) is 2.18. The quantitative estimate of drug-likeness (QED) is 0.744. The van der Waals surface area contributed by atoms with Crippen LogP contribution in [0.1, 0.15) is 18.1 Å². The smallest absolute Gasteiger partial charge is 0.231 e. The lowest BCUT2D eigenvalue weighted by molar-refractivity contribution is 0.159. The van der Waals surface area contributed by atoms with Crippen molar-refractivity contribution in [2.24, 2.45) is 0 Å². The van der Waals surface area contributed by atoms with Gasteiger partial charge in [-0.15, -0.1) is 6.58 Å². The van der Waals surface area contributed by atoms with Gasteiger partial charge in [-0.25, -0.2) is 0 Å². The summed E-state index contributed by atoms with van der Waals surface area (Å²) < 4.78 is 10.5. The Balaban J connectivity index is 2.34. The minimum Gasteiger partial charge on any atom is -0.454 e. The van der Waals surface area contributed by atoms with Crippen molar-refractivity contribution in [3.63, 3.8) is 0 Å². The second kappa shape index (κ2) is 3.72. The van der Waals surface area contributed by atoms with E-state index in [1.807, 2.05) is 18.2 Å². The molecule has 74 valence electrons. The second-order valence-corrected chi connectivity index (χ2v) is 3.12. The van der Waals surface area contributed by atoms with Gasteiger partial charge in [-0.2, -0.15) is 0 Å². The normalized spacial score (nSPS) is 15.2. The molecule has 0 amide bonds. The van der Waals surface area contributed by atoms with Gasteiger partial charge in [-0.3, -0.25) is 0 Å². The minimum atomic E-state index is -0.566. The van der Waals surface area contributed by atoms with Crippen LogP contribution in [-0.4, -0.2) is 11.9 Å². The lowest BCUT2D eigenvalue weighted by atomic mass is 10.1. The summed E-state index contributed by atoms with van der Waals surface area (Å²) >= 11 is 0. The van der Waals surface area contributed by atoms with Crippen molar-refractivity contribution in [1.82, 2.24) is 0 Å². The summed E-state index contributed by atoms with van der Waals surface area (Å²) in [6, 6.07) is 5.50. The van der Waals surface area contributed by atoms with Crippen molar-refractivity contribution >= 4 is 0 Å². The molecule has 1 heterocycles. The van der Waals surface area contributed by atoms with Crippen molar-refractivity contribution in [2.45, 2.75) is 12.5 Å². The highest BCUT2D eigenvalue weighted by Crippen LogP contribution is 2.39. The van der Waals surface area contributed by atoms with E-state index in [0.717, 1.165) is 5.56 Å². The Bertz CT molecular complexity index is 346. The maximum atomic E-state index is 9.78. The average molecular weight is 192 g/mol. The van der Waals surface area contributed by atoms with E-state index >= 15 is 0 Å². The number of ether oxygens (including phenoxy) is 2. The average Bonchev–Trinajstić information content (AvgIpc) is 2.65. The predicted octanol–water partition coefficient (Wildman–Crippen LogP) is 2.02. The molecule has 1 aromatic carbocycles.